The van der Waals surface area contributed by atoms with Gasteiger partial charge in [-0.25, -0.2) is 0 Å². The number of pyridine rings is 1. The molecule has 3 aromatic rings. The second kappa shape index (κ2) is 8.75. The number of benzene rings is 1. The molecule has 2 aromatic heterocycles. The molecule has 134 valence electrons. The van der Waals surface area contributed by atoms with Crippen LogP contribution in [-0.4, -0.2) is 27.7 Å². The van der Waals surface area contributed by atoms with Crippen LogP contribution in [-0.2, 0) is 0 Å². The third-order valence-corrected chi connectivity index (χ3v) is 3.67. The Kier molecular flexibility index (Phi) is 5.92. The van der Waals surface area contributed by atoms with Crippen LogP contribution in [0.25, 0.3) is 11.5 Å². The van der Waals surface area contributed by atoms with Crippen LogP contribution in [0.2, 0.25) is 0 Å². The second-order valence-electron chi connectivity index (χ2n) is 5.69. The highest BCUT2D eigenvalue weighted by Gasteiger charge is 2.13. The van der Waals surface area contributed by atoms with Crippen LogP contribution in [0.3, 0.4) is 0 Å². The van der Waals surface area contributed by atoms with Crippen LogP contribution in [0.15, 0.2) is 53.2 Å². The number of hydrogen-bond donors (Lipinski definition) is 1. The van der Waals surface area contributed by atoms with Crippen LogP contribution < -0.4 is 10.1 Å². The monoisotopic (exact) mass is 352 g/mol. The number of anilines is 1. The number of nitrogens with one attached hydrogen (secondary N) is 1. The van der Waals surface area contributed by atoms with Crippen LogP contribution in [0, 0.1) is 0 Å². The van der Waals surface area contributed by atoms with Gasteiger partial charge in [0.05, 0.1) is 12.2 Å². The largest absolute Gasteiger partial charge is 0.494 e. The summed E-state index contributed by atoms with van der Waals surface area (Å²) < 4.78 is 11.1. The molecule has 2 heterocycles. The molecule has 0 bridgehead atoms. The number of unbranched alkanes of at least 4 members (excludes halogenated alkanes) is 2. The molecule has 0 fully saturated rings. The van der Waals surface area contributed by atoms with Crippen molar-refractivity contribution in [3.63, 3.8) is 0 Å². The van der Waals surface area contributed by atoms with E-state index >= 15 is 0 Å². The molecule has 0 saturated carbocycles. The number of ether oxygens (including phenoxy) is 1. The maximum Gasteiger partial charge on any atom is 0.322 e. The second-order valence-corrected chi connectivity index (χ2v) is 5.69. The summed E-state index contributed by atoms with van der Waals surface area (Å²) in [5.74, 6) is 0.613. The molecule has 0 spiro atoms. The molecule has 26 heavy (non-hydrogen) atoms. The lowest BCUT2D eigenvalue weighted by Crippen LogP contribution is -2.12. The van der Waals surface area contributed by atoms with Crippen molar-refractivity contribution in [1.29, 1.82) is 0 Å². The number of aromatic nitrogens is 3. The Bertz CT molecular complexity index is 849. The predicted octanol–water partition coefficient (Wildman–Crippen LogP) is 3.95. The quantitative estimate of drug-likeness (QED) is 0.617. The standard InChI is InChI=1S/C19H20N4O3/c1-2-3-4-11-25-16-9-5-7-14(12-16)17(24)21-19-23-22-18(26-19)15-8-6-10-20-13-15/h5-10,12-13H,2-4,11H2,1H3,(H,21,23,24). The first kappa shape index (κ1) is 17.6. The Balaban J connectivity index is 1.62. The van der Waals surface area contributed by atoms with E-state index in [2.05, 4.69) is 27.4 Å². The van der Waals surface area contributed by atoms with Gasteiger partial charge in [-0.3, -0.25) is 15.1 Å². The van der Waals surface area contributed by atoms with Gasteiger partial charge in [-0.05, 0) is 36.8 Å². The summed E-state index contributed by atoms with van der Waals surface area (Å²) >= 11 is 0. The Labute approximate surface area is 151 Å². The van der Waals surface area contributed by atoms with Gasteiger partial charge >= 0.3 is 6.01 Å². The molecule has 7 nitrogen and oxygen atoms in total. The highest BCUT2D eigenvalue weighted by atomic mass is 16.5. The number of rotatable bonds is 8. The first-order chi connectivity index (χ1) is 12.8. The summed E-state index contributed by atoms with van der Waals surface area (Å²) in [6.07, 6.45) is 6.51. The Morgan fingerprint density at radius 3 is 2.92 bits per heavy atom. The Morgan fingerprint density at radius 1 is 1.19 bits per heavy atom. The molecular formula is C19H20N4O3. The lowest BCUT2D eigenvalue weighted by molar-refractivity contribution is 0.102. The van der Waals surface area contributed by atoms with Gasteiger partial charge in [-0.2, -0.15) is 0 Å². The molecule has 0 atom stereocenters. The smallest absolute Gasteiger partial charge is 0.322 e. The zero-order valence-corrected chi connectivity index (χ0v) is 14.5. The third kappa shape index (κ3) is 4.66. The summed E-state index contributed by atoms with van der Waals surface area (Å²) in [7, 11) is 0. The lowest BCUT2D eigenvalue weighted by Gasteiger charge is -2.07. The van der Waals surface area contributed by atoms with Crippen molar-refractivity contribution in [2.75, 3.05) is 11.9 Å². The van der Waals surface area contributed by atoms with E-state index in [4.69, 9.17) is 9.15 Å². The van der Waals surface area contributed by atoms with Crippen LogP contribution >= 0.6 is 0 Å². The minimum absolute atomic E-state index is 0.0307. The van der Waals surface area contributed by atoms with Gasteiger partial charge in [0.2, 0.25) is 0 Å². The summed E-state index contributed by atoms with van der Waals surface area (Å²) in [4.78, 5) is 16.4. The lowest BCUT2D eigenvalue weighted by atomic mass is 10.2. The minimum atomic E-state index is -0.342. The maximum atomic E-state index is 12.4. The molecular weight excluding hydrogens is 332 g/mol. The van der Waals surface area contributed by atoms with Crippen molar-refractivity contribution in [1.82, 2.24) is 15.2 Å². The van der Waals surface area contributed by atoms with Crippen molar-refractivity contribution >= 4 is 11.9 Å². The van der Waals surface area contributed by atoms with E-state index in [9.17, 15) is 4.79 Å². The van der Waals surface area contributed by atoms with E-state index in [0.29, 0.717) is 29.4 Å². The van der Waals surface area contributed by atoms with Gasteiger partial charge in [0.1, 0.15) is 5.75 Å². The summed E-state index contributed by atoms with van der Waals surface area (Å²) in [6, 6.07) is 10.6. The number of carbonyl (C=O) groups excluding carboxylic acids is 1. The van der Waals surface area contributed by atoms with E-state index in [1.54, 1.807) is 42.7 Å². The zero-order chi connectivity index (χ0) is 18.2. The molecule has 1 amide bonds. The van der Waals surface area contributed by atoms with Gasteiger partial charge in [0, 0.05) is 18.0 Å². The molecule has 7 heteroatoms. The third-order valence-electron chi connectivity index (χ3n) is 3.67. The fourth-order valence-electron chi connectivity index (χ4n) is 2.32. The van der Waals surface area contributed by atoms with Crippen molar-refractivity contribution in [3.8, 4) is 17.2 Å². The molecule has 0 aliphatic heterocycles. The van der Waals surface area contributed by atoms with Crippen LogP contribution in [0.4, 0.5) is 6.01 Å². The normalized spacial score (nSPS) is 10.5. The fraction of sp³-hybridized carbons (Fsp3) is 0.263. The fourth-order valence-corrected chi connectivity index (χ4v) is 2.32. The molecule has 0 radical (unpaired) electrons. The number of hydrogen-bond acceptors (Lipinski definition) is 6. The highest BCUT2D eigenvalue weighted by molar-refractivity contribution is 6.03. The SMILES string of the molecule is CCCCCOc1cccc(C(=O)Nc2nnc(-c3cccnc3)o2)c1. The summed E-state index contributed by atoms with van der Waals surface area (Å²) in [6.45, 7) is 2.78. The van der Waals surface area contributed by atoms with Crippen molar-refractivity contribution in [2.45, 2.75) is 26.2 Å². The zero-order valence-electron chi connectivity index (χ0n) is 14.5. The van der Waals surface area contributed by atoms with Gasteiger partial charge in [-0.15, -0.1) is 5.10 Å². The summed E-state index contributed by atoms with van der Waals surface area (Å²) in [5, 5.41) is 10.4. The average Bonchev–Trinajstić information content (AvgIpc) is 3.15. The molecule has 0 aliphatic carbocycles. The van der Waals surface area contributed by atoms with E-state index < -0.39 is 0 Å². The molecule has 1 aromatic carbocycles. The van der Waals surface area contributed by atoms with Crippen LogP contribution in [0.1, 0.15) is 36.5 Å². The van der Waals surface area contributed by atoms with Gasteiger partial charge < -0.3 is 9.15 Å². The van der Waals surface area contributed by atoms with E-state index in [1.807, 2.05) is 6.07 Å². The van der Waals surface area contributed by atoms with E-state index in [0.717, 1.165) is 19.3 Å². The van der Waals surface area contributed by atoms with Crippen molar-refractivity contribution in [2.24, 2.45) is 0 Å². The summed E-state index contributed by atoms with van der Waals surface area (Å²) in [5.41, 5.74) is 1.14. The highest BCUT2D eigenvalue weighted by Crippen LogP contribution is 2.19. The number of nitrogens with zero attached hydrogens (tertiary/aromatic N) is 3. The molecule has 0 unspecified atom stereocenters. The average molecular weight is 352 g/mol. The van der Waals surface area contributed by atoms with Crippen molar-refractivity contribution in [3.05, 3.63) is 54.4 Å². The van der Waals surface area contributed by atoms with E-state index in [-0.39, 0.29) is 11.9 Å². The topological polar surface area (TPSA) is 90.1 Å². The van der Waals surface area contributed by atoms with E-state index in [1.165, 1.54) is 0 Å². The molecule has 0 saturated heterocycles. The van der Waals surface area contributed by atoms with Gasteiger partial charge in [0.25, 0.3) is 11.8 Å². The predicted molar refractivity (Wildman–Crippen MR) is 96.9 cm³/mol. The van der Waals surface area contributed by atoms with Gasteiger partial charge in [-0.1, -0.05) is 30.9 Å². The first-order valence-corrected chi connectivity index (χ1v) is 8.54. The number of carbonyl (C=O) groups is 1. The Morgan fingerprint density at radius 2 is 2.12 bits per heavy atom. The molecule has 1 N–H and O–H groups in total. The van der Waals surface area contributed by atoms with Crippen molar-refractivity contribution < 1.29 is 13.9 Å². The minimum Gasteiger partial charge on any atom is -0.494 e. The van der Waals surface area contributed by atoms with Crippen LogP contribution in [0.5, 0.6) is 5.75 Å². The maximum absolute atomic E-state index is 12.4. The molecule has 3 rings (SSSR count). The first-order valence-electron chi connectivity index (χ1n) is 8.54. The Hall–Kier alpha value is -3.22. The number of amides is 1. The molecule has 0 aliphatic rings. The van der Waals surface area contributed by atoms with Gasteiger partial charge in [0.15, 0.2) is 0 Å².